The molecule has 1 aliphatic carbocycles. The summed E-state index contributed by atoms with van der Waals surface area (Å²) in [6, 6.07) is 6.79. The van der Waals surface area contributed by atoms with Crippen LogP contribution in [0.25, 0.3) is 0 Å². The van der Waals surface area contributed by atoms with E-state index in [1.165, 1.54) is 11.1 Å². The summed E-state index contributed by atoms with van der Waals surface area (Å²) >= 11 is 0. The van der Waals surface area contributed by atoms with E-state index >= 15 is 0 Å². The van der Waals surface area contributed by atoms with Gasteiger partial charge in [0, 0.05) is 5.54 Å². The molecule has 1 atom stereocenters. The molecular formula is C14H20N2O. The molecule has 17 heavy (non-hydrogen) atoms. The minimum Gasteiger partial charge on any atom is -0.493 e. The lowest BCUT2D eigenvalue weighted by atomic mass is 9.94. The maximum Gasteiger partial charge on any atom is 0.122 e. The molecule has 1 heterocycles. The molecule has 1 aromatic carbocycles. The van der Waals surface area contributed by atoms with E-state index in [2.05, 4.69) is 23.5 Å². The summed E-state index contributed by atoms with van der Waals surface area (Å²) in [7, 11) is 1.99. The van der Waals surface area contributed by atoms with Gasteiger partial charge in [-0.15, -0.1) is 0 Å². The summed E-state index contributed by atoms with van der Waals surface area (Å²) in [6.07, 6.45) is 4.48. The number of hydrogen-bond donors (Lipinski definition) is 2. The Kier molecular flexibility index (Phi) is 2.60. The Balaban J connectivity index is 1.92. The van der Waals surface area contributed by atoms with Crippen molar-refractivity contribution in [2.24, 2.45) is 5.73 Å². The molecule has 0 saturated heterocycles. The smallest absolute Gasteiger partial charge is 0.122 e. The number of nitrogens with one attached hydrogen (secondary N) is 1. The molecule has 0 radical (unpaired) electrons. The number of rotatable bonds is 3. The van der Waals surface area contributed by atoms with Gasteiger partial charge in [-0.2, -0.15) is 0 Å². The second-order valence-corrected chi connectivity index (χ2v) is 5.27. The summed E-state index contributed by atoms with van der Waals surface area (Å²) < 4.78 is 5.64. The van der Waals surface area contributed by atoms with Crippen LogP contribution in [0.15, 0.2) is 18.2 Å². The predicted molar refractivity (Wildman–Crippen MR) is 68.2 cm³/mol. The molecule has 2 aliphatic rings. The van der Waals surface area contributed by atoms with Crippen molar-refractivity contribution in [3.8, 4) is 5.75 Å². The van der Waals surface area contributed by atoms with Crippen LogP contribution < -0.4 is 15.8 Å². The molecule has 0 aromatic heterocycles. The zero-order chi connectivity index (χ0) is 11.9. The van der Waals surface area contributed by atoms with Crippen molar-refractivity contribution in [2.75, 3.05) is 13.7 Å². The maximum absolute atomic E-state index is 6.32. The van der Waals surface area contributed by atoms with Gasteiger partial charge in [-0.25, -0.2) is 0 Å². The van der Waals surface area contributed by atoms with Gasteiger partial charge in [0.05, 0.1) is 12.6 Å². The molecule has 0 bridgehead atoms. The van der Waals surface area contributed by atoms with E-state index in [9.17, 15) is 0 Å². The van der Waals surface area contributed by atoms with Gasteiger partial charge < -0.3 is 15.8 Å². The van der Waals surface area contributed by atoms with Crippen LogP contribution in [0.5, 0.6) is 5.75 Å². The SMILES string of the molecule is CNC(c1ccc2c(c1)CCCO2)C1(N)CC1. The van der Waals surface area contributed by atoms with E-state index in [0.717, 1.165) is 38.0 Å². The molecule has 3 heteroatoms. The van der Waals surface area contributed by atoms with Crippen molar-refractivity contribution in [1.82, 2.24) is 5.32 Å². The fourth-order valence-corrected chi connectivity index (χ4v) is 2.78. The van der Waals surface area contributed by atoms with Crippen molar-refractivity contribution in [1.29, 1.82) is 0 Å². The Bertz CT molecular complexity index is 426. The second-order valence-electron chi connectivity index (χ2n) is 5.27. The third-order valence-electron chi connectivity index (χ3n) is 3.96. The highest BCUT2D eigenvalue weighted by atomic mass is 16.5. The van der Waals surface area contributed by atoms with E-state index in [4.69, 9.17) is 10.5 Å². The summed E-state index contributed by atoms with van der Waals surface area (Å²) in [5.41, 5.74) is 8.92. The van der Waals surface area contributed by atoms with Crippen molar-refractivity contribution >= 4 is 0 Å². The quantitative estimate of drug-likeness (QED) is 0.835. The lowest BCUT2D eigenvalue weighted by molar-refractivity contribution is 0.288. The largest absolute Gasteiger partial charge is 0.493 e. The average Bonchev–Trinajstić information content (AvgIpc) is 3.09. The van der Waals surface area contributed by atoms with Crippen molar-refractivity contribution in [2.45, 2.75) is 37.3 Å². The van der Waals surface area contributed by atoms with Gasteiger partial charge in [-0.1, -0.05) is 12.1 Å². The van der Waals surface area contributed by atoms with Gasteiger partial charge in [0.25, 0.3) is 0 Å². The van der Waals surface area contributed by atoms with Crippen molar-refractivity contribution in [3.05, 3.63) is 29.3 Å². The predicted octanol–water partition coefficient (Wildman–Crippen LogP) is 1.76. The molecule has 3 N–H and O–H groups in total. The number of aryl methyl sites for hydroxylation is 1. The number of ether oxygens (including phenoxy) is 1. The number of benzene rings is 1. The van der Waals surface area contributed by atoms with Crippen LogP contribution in [-0.4, -0.2) is 19.2 Å². The van der Waals surface area contributed by atoms with Gasteiger partial charge >= 0.3 is 0 Å². The number of fused-ring (bicyclic) bond motifs is 1. The number of nitrogens with two attached hydrogens (primary N) is 1. The lowest BCUT2D eigenvalue weighted by Crippen LogP contribution is -2.38. The fourth-order valence-electron chi connectivity index (χ4n) is 2.78. The van der Waals surface area contributed by atoms with E-state index in [1.54, 1.807) is 0 Å². The van der Waals surface area contributed by atoms with Crippen molar-refractivity contribution in [3.63, 3.8) is 0 Å². The van der Waals surface area contributed by atoms with Gasteiger partial charge in [0.2, 0.25) is 0 Å². The fraction of sp³-hybridized carbons (Fsp3) is 0.571. The monoisotopic (exact) mass is 232 g/mol. The summed E-state index contributed by atoms with van der Waals surface area (Å²) in [5, 5.41) is 3.36. The van der Waals surface area contributed by atoms with Gasteiger partial charge in [0.15, 0.2) is 0 Å². The zero-order valence-corrected chi connectivity index (χ0v) is 10.3. The Labute approximate surface area is 102 Å². The Morgan fingerprint density at radius 2 is 2.24 bits per heavy atom. The first-order valence-electron chi connectivity index (χ1n) is 6.45. The third-order valence-corrected chi connectivity index (χ3v) is 3.96. The van der Waals surface area contributed by atoms with Crippen LogP contribution in [0.1, 0.15) is 36.4 Å². The van der Waals surface area contributed by atoms with Gasteiger partial charge in [-0.05, 0) is 49.9 Å². The Morgan fingerprint density at radius 3 is 2.94 bits per heavy atom. The van der Waals surface area contributed by atoms with Gasteiger partial charge in [0.1, 0.15) is 5.75 Å². The second kappa shape index (κ2) is 4.00. The minimum atomic E-state index is -0.0293. The average molecular weight is 232 g/mol. The molecule has 0 amide bonds. The first-order valence-corrected chi connectivity index (χ1v) is 6.45. The highest BCUT2D eigenvalue weighted by Crippen LogP contribution is 2.44. The lowest BCUT2D eigenvalue weighted by Gasteiger charge is -2.25. The highest BCUT2D eigenvalue weighted by Gasteiger charge is 2.45. The van der Waals surface area contributed by atoms with Crippen LogP contribution in [-0.2, 0) is 6.42 Å². The topological polar surface area (TPSA) is 47.3 Å². The minimum absolute atomic E-state index is 0.0293. The molecule has 1 aromatic rings. The van der Waals surface area contributed by atoms with E-state index in [1.807, 2.05) is 7.05 Å². The van der Waals surface area contributed by atoms with E-state index < -0.39 is 0 Å². The molecule has 1 saturated carbocycles. The first kappa shape index (κ1) is 11.1. The van der Waals surface area contributed by atoms with Crippen LogP contribution in [0.4, 0.5) is 0 Å². The zero-order valence-electron chi connectivity index (χ0n) is 10.3. The maximum atomic E-state index is 6.32. The summed E-state index contributed by atoms with van der Waals surface area (Å²) in [6.45, 7) is 0.850. The standard InChI is InChI=1S/C14H20N2O/c1-16-13(14(15)6-7-14)11-4-5-12-10(9-11)3-2-8-17-12/h4-5,9,13,16H,2-3,6-8,15H2,1H3. The molecular weight excluding hydrogens is 212 g/mol. The normalized spacial score (nSPS) is 22.5. The Hall–Kier alpha value is -1.06. The molecule has 92 valence electrons. The number of likely N-dealkylation sites (N-methyl/N-ethyl adjacent to an activating group) is 1. The van der Waals surface area contributed by atoms with Crippen LogP contribution in [0.2, 0.25) is 0 Å². The van der Waals surface area contributed by atoms with E-state index in [-0.39, 0.29) is 11.6 Å². The molecule has 3 nitrogen and oxygen atoms in total. The highest BCUT2D eigenvalue weighted by molar-refractivity contribution is 5.41. The van der Waals surface area contributed by atoms with Gasteiger partial charge in [-0.3, -0.25) is 0 Å². The number of hydrogen-bond acceptors (Lipinski definition) is 3. The molecule has 1 aliphatic heterocycles. The summed E-state index contributed by atoms with van der Waals surface area (Å²) in [4.78, 5) is 0. The molecule has 1 fully saturated rings. The third kappa shape index (κ3) is 1.94. The van der Waals surface area contributed by atoms with Crippen LogP contribution in [0.3, 0.4) is 0 Å². The van der Waals surface area contributed by atoms with Crippen LogP contribution >= 0.6 is 0 Å². The van der Waals surface area contributed by atoms with E-state index in [0.29, 0.717) is 0 Å². The molecule has 1 unspecified atom stereocenters. The summed E-state index contributed by atoms with van der Waals surface area (Å²) in [5.74, 6) is 1.05. The molecule has 3 rings (SSSR count). The van der Waals surface area contributed by atoms with Crippen molar-refractivity contribution < 1.29 is 4.74 Å². The first-order chi connectivity index (χ1) is 8.23. The Morgan fingerprint density at radius 1 is 1.41 bits per heavy atom. The molecule has 0 spiro atoms. The van der Waals surface area contributed by atoms with Crippen LogP contribution in [0, 0.1) is 0 Å².